The fourth-order valence-electron chi connectivity index (χ4n) is 5.92. The molecule has 14 unspecified atom stereocenters. The van der Waals surface area contributed by atoms with Crippen molar-refractivity contribution in [3.05, 3.63) is 0 Å². The van der Waals surface area contributed by atoms with Crippen molar-refractivity contribution in [3.8, 4) is 0 Å². The maximum Gasteiger partial charge on any atom is 0.190 e. The van der Waals surface area contributed by atoms with Gasteiger partial charge in [-0.3, -0.25) is 0 Å². The highest BCUT2D eigenvalue weighted by Crippen LogP contribution is 2.45. The largest absolute Gasteiger partial charge is 0.394 e. The average molecular weight is 635 g/mol. The normalized spacial score (nSPS) is 44.7. The highest BCUT2D eigenvalue weighted by atomic mass is 16.9. The van der Waals surface area contributed by atoms with Crippen molar-refractivity contribution in [1.29, 1.82) is 0 Å². The van der Waals surface area contributed by atoms with Gasteiger partial charge in [0, 0.05) is 22.7 Å². The number of rotatable bonds is 4. The molecule has 0 spiro atoms. The van der Waals surface area contributed by atoms with E-state index in [1.807, 2.05) is 62.3 Å². The minimum Gasteiger partial charge on any atom is -0.394 e. The molecule has 0 aliphatic carbocycles. The van der Waals surface area contributed by atoms with Crippen molar-refractivity contribution in [2.75, 3.05) is 13.2 Å². The van der Waals surface area contributed by atoms with Gasteiger partial charge < -0.3 is 57.6 Å². The van der Waals surface area contributed by atoms with Crippen LogP contribution in [0.1, 0.15) is 83.1 Å². The van der Waals surface area contributed by atoms with Crippen LogP contribution in [0.3, 0.4) is 0 Å². The zero-order valence-corrected chi connectivity index (χ0v) is 28.6. The van der Waals surface area contributed by atoms with E-state index in [0.29, 0.717) is 0 Å². The Kier molecular flexibility index (Phi) is 11.8. The third kappa shape index (κ3) is 7.47. The first-order chi connectivity index (χ1) is 20.6. The molecule has 258 valence electrons. The minimum atomic E-state index is -0.462. The Morgan fingerprint density at radius 2 is 0.841 bits per heavy atom. The van der Waals surface area contributed by atoms with Crippen LogP contribution in [0.4, 0.5) is 0 Å². The van der Waals surface area contributed by atoms with Crippen LogP contribution in [-0.4, -0.2) is 110 Å². The fraction of sp³-hybridized carbons (Fsp3) is 1.00. The zero-order chi connectivity index (χ0) is 32.7. The molecule has 6 fully saturated rings. The summed E-state index contributed by atoms with van der Waals surface area (Å²) < 4.78 is 59.1. The number of hydrogen-bond acceptors (Lipinski definition) is 12. The van der Waals surface area contributed by atoms with E-state index in [9.17, 15) is 10.2 Å². The molecule has 0 saturated carbocycles. The van der Waals surface area contributed by atoms with Crippen LogP contribution in [0.5, 0.6) is 0 Å². The van der Waals surface area contributed by atoms with Crippen LogP contribution >= 0.6 is 0 Å². The molecule has 6 aliphatic heterocycles. The van der Waals surface area contributed by atoms with Gasteiger partial charge in [0.05, 0.1) is 13.2 Å². The Balaban J connectivity index is 0.000000191. The summed E-state index contributed by atoms with van der Waals surface area (Å²) in [5.74, 6) is 0.462. The Bertz CT molecular complexity index is 903. The van der Waals surface area contributed by atoms with Gasteiger partial charge in [0.25, 0.3) is 0 Å². The molecule has 2 N–H and O–H groups in total. The fourth-order valence-corrected chi connectivity index (χ4v) is 5.92. The molecule has 0 radical (unpaired) electrons. The Morgan fingerprint density at radius 1 is 0.455 bits per heavy atom. The van der Waals surface area contributed by atoms with Crippen LogP contribution in [-0.2, 0) is 47.4 Å². The smallest absolute Gasteiger partial charge is 0.190 e. The van der Waals surface area contributed by atoms with E-state index in [0.717, 1.165) is 0 Å². The third-order valence-corrected chi connectivity index (χ3v) is 8.29. The zero-order valence-electron chi connectivity index (χ0n) is 28.6. The summed E-state index contributed by atoms with van der Waals surface area (Å²) in [6, 6.07) is 0. The quantitative estimate of drug-likeness (QED) is 0.469. The molecule has 14 atom stereocenters. The lowest BCUT2D eigenvalue weighted by atomic mass is 9.93. The van der Waals surface area contributed by atoms with Gasteiger partial charge in [0.1, 0.15) is 48.8 Å². The molecule has 0 bridgehead atoms. The SMILES string of the molecule is CC.CC(C)(C)C1OC2OC3C(CO)OC(C(C)(C)C)OC3C2O1.CC(C)C1OC2OC3C(CO)OC(C(C)C)OC3C2O1. The number of ether oxygens (including phenoxy) is 10. The Morgan fingerprint density at radius 3 is 1.34 bits per heavy atom. The summed E-state index contributed by atoms with van der Waals surface area (Å²) >= 11 is 0. The van der Waals surface area contributed by atoms with Crippen molar-refractivity contribution in [2.24, 2.45) is 22.7 Å². The number of hydrogen-bond donors (Lipinski definition) is 2. The highest BCUT2D eigenvalue weighted by Gasteiger charge is 2.61. The molecule has 0 amide bonds. The molecule has 12 heteroatoms. The summed E-state index contributed by atoms with van der Waals surface area (Å²) in [5, 5.41) is 19.1. The van der Waals surface area contributed by atoms with Crippen LogP contribution in [0.25, 0.3) is 0 Å². The molecular formula is C32H58O12. The van der Waals surface area contributed by atoms with Gasteiger partial charge >= 0.3 is 0 Å². The van der Waals surface area contributed by atoms with Gasteiger partial charge in [0.15, 0.2) is 37.7 Å². The Labute approximate surface area is 263 Å². The lowest BCUT2D eigenvalue weighted by Crippen LogP contribution is -2.56. The molecule has 0 aromatic rings. The monoisotopic (exact) mass is 634 g/mol. The van der Waals surface area contributed by atoms with E-state index in [-0.39, 0.29) is 91.4 Å². The Hall–Kier alpha value is -0.480. The van der Waals surface area contributed by atoms with E-state index in [2.05, 4.69) is 20.8 Å². The molecule has 44 heavy (non-hydrogen) atoms. The first-order valence-electron chi connectivity index (χ1n) is 16.4. The summed E-state index contributed by atoms with van der Waals surface area (Å²) in [6.07, 6.45) is -4.81. The van der Waals surface area contributed by atoms with Gasteiger partial charge in [-0.25, -0.2) is 0 Å². The molecule has 6 rings (SSSR count). The van der Waals surface area contributed by atoms with Crippen molar-refractivity contribution in [1.82, 2.24) is 0 Å². The summed E-state index contributed by atoms with van der Waals surface area (Å²) in [6.45, 7) is 24.3. The van der Waals surface area contributed by atoms with E-state index < -0.39 is 31.1 Å². The van der Waals surface area contributed by atoms with Crippen molar-refractivity contribution in [3.63, 3.8) is 0 Å². The first-order valence-corrected chi connectivity index (χ1v) is 16.4. The van der Waals surface area contributed by atoms with Crippen molar-refractivity contribution in [2.45, 2.75) is 170 Å². The molecule has 6 aliphatic rings. The standard InChI is InChI=1S/C16H28O6.C14H24O6.C2H6/c1-15(2,3)13-18-8(7-17)9-10(20-13)11-12(19-9)22-14(21-11)16(4,5)6;1-6(2)12-16-8(5-15)9-10(18-12)11-14(17-9)20-13(19-11)7(3)4;1-2/h8-14,17H,7H2,1-6H3;6-15H,5H2,1-4H3;1-2H3. The number of aliphatic hydroxyl groups excluding tert-OH is 2. The predicted octanol–water partition coefficient (Wildman–Crippen LogP) is 3.54. The lowest BCUT2D eigenvalue weighted by Gasteiger charge is -2.43. The van der Waals surface area contributed by atoms with Gasteiger partial charge in [-0.05, 0) is 0 Å². The van der Waals surface area contributed by atoms with Crippen LogP contribution in [0.15, 0.2) is 0 Å². The van der Waals surface area contributed by atoms with E-state index in [4.69, 9.17) is 47.4 Å². The predicted molar refractivity (Wildman–Crippen MR) is 158 cm³/mol. The molecular weight excluding hydrogens is 576 g/mol. The van der Waals surface area contributed by atoms with E-state index in [1.165, 1.54) is 0 Å². The molecule has 6 saturated heterocycles. The summed E-state index contributed by atoms with van der Waals surface area (Å²) in [5.41, 5.74) is -0.326. The maximum absolute atomic E-state index is 9.62. The second-order valence-corrected chi connectivity index (χ2v) is 14.9. The number of aliphatic hydroxyl groups is 2. The van der Waals surface area contributed by atoms with Gasteiger partial charge in [-0.2, -0.15) is 0 Å². The minimum absolute atomic E-state index is 0.0964. The summed E-state index contributed by atoms with van der Waals surface area (Å²) in [4.78, 5) is 0. The van der Waals surface area contributed by atoms with Gasteiger partial charge in [-0.15, -0.1) is 0 Å². The third-order valence-electron chi connectivity index (χ3n) is 8.29. The van der Waals surface area contributed by atoms with Crippen LogP contribution in [0.2, 0.25) is 0 Å². The molecule has 0 aromatic carbocycles. The highest BCUT2D eigenvalue weighted by molar-refractivity contribution is 5.00. The van der Waals surface area contributed by atoms with Gasteiger partial charge in [-0.1, -0.05) is 83.1 Å². The summed E-state index contributed by atoms with van der Waals surface area (Å²) in [7, 11) is 0. The average Bonchev–Trinajstić information content (AvgIpc) is 3.71. The van der Waals surface area contributed by atoms with Gasteiger partial charge in [0.2, 0.25) is 0 Å². The van der Waals surface area contributed by atoms with E-state index >= 15 is 0 Å². The molecule has 6 heterocycles. The second kappa shape index (κ2) is 14.3. The van der Waals surface area contributed by atoms with Crippen molar-refractivity contribution >= 4 is 0 Å². The van der Waals surface area contributed by atoms with Crippen molar-refractivity contribution < 1.29 is 57.6 Å². The number of fused-ring (bicyclic) bond motifs is 6. The molecule has 0 aromatic heterocycles. The maximum atomic E-state index is 9.62. The van der Waals surface area contributed by atoms with Crippen LogP contribution < -0.4 is 0 Å². The first kappa shape index (κ1) is 36.4. The van der Waals surface area contributed by atoms with E-state index in [1.54, 1.807) is 0 Å². The topological polar surface area (TPSA) is 133 Å². The second-order valence-electron chi connectivity index (χ2n) is 14.9. The van der Waals surface area contributed by atoms with Crippen LogP contribution in [0, 0.1) is 22.7 Å². The lowest BCUT2D eigenvalue weighted by molar-refractivity contribution is -0.328. The molecule has 12 nitrogen and oxygen atoms in total.